The molecule has 34 heavy (non-hydrogen) atoms. The van der Waals surface area contributed by atoms with E-state index in [1.807, 2.05) is 12.1 Å². The number of carbonyl (C=O) groups is 1. The van der Waals surface area contributed by atoms with Gasteiger partial charge in [0.15, 0.2) is 9.92 Å². The standard InChI is InChI=1S/C22H25N5O4S3/c1-31-18-13-15(11-12-24-18)17-8-7-14-5-4-6-16(14)21(17)25-22(28)27-34(23,30)20-10-9-19(32-20)26-33(2,3)29/h7-13H,4-6H2,1-3H3,(H3,23,25,27,28,30)/t34-/m1/s1. The average Bonchev–Trinajstić information content (AvgIpc) is 3.42. The highest BCUT2D eigenvalue weighted by Gasteiger charge is 2.23. The number of benzene rings is 1. The minimum atomic E-state index is -3.64. The van der Waals surface area contributed by atoms with Crippen LogP contribution in [0.4, 0.5) is 15.5 Å². The molecule has 2 amide bonds. The molecule has 0 spiro atoms. The van der Waals surface area contributed by atoms with Crippen molar-refractivity contribution in [2.24, 2.45) is 4.36 Å². The van der Waals surface area contributed by atoms with E-state index in [0.29, 0.717) is 16.6 Å². The predicted octanol–water partition coefficient (Wildman–Crippen LogP) is 4.81. The topological polar surface area (TPSA) is 134 Å². The maximum Gasteiger partial charge on any atom is 0.331 e. The van der Waals surface area contributed by atoms with Crippen LogP contribution in [0.15, 0.2) is 51.2 Å². The molecule has 0 bridgehead atoms. The Bertz CT molecular complexity index is 1480. The van der Waals surface area contributed by atoms with Crippen molar-refractivity contribution in [1.29, 1.82) is 4.78 Å². The molecule has 180 valence electrons. The number of urea groups is 1. The van der Waals surface area contributed by atoms with Crippen molar-refractivity contribution in [3.8, 4) is 17.0 Å². The number of amides is 2. The van der Waals surface area contributed by atoms with Gasteiger partial charge in [-0.25, -0.2) is 27.7 Å². The van der Waals surface area contributed by atoms with Crippen molar-refractivity contribution in [2.75, 3.05) is 24.9 Å². The summed E-state index contributed by atoms with van der Waals surface area (Å²) in [4.78, 5) is 17.1. The first-order valence-corrected chi connectivity index (χ1v) is 15.1. The summed E-state index contributed by atoms with van der Waals surface area (Å²) in [5, 5.41) is 3.23. The van der Waals surface area contributed by atoms with E-state index in [2.05, 4.69) is 25.5 Å². The highest BCUT2D eigenvalue weighted by atomic mass is 32.2. The third kappa shape index (κ3) is 5.40. The summed E-state index contributed by atoms with van der Waals surface area (Å²) in [5.41, 5.74) is 4.40. The van der Waals surface area contributed by atoms with Gasteiger partial charge in [0, 0.05) is 40.1 Å². The van der Waals surface area contributed by atoms with Crippen LogP contribution in [0.5, 0.6) is 5.88 Å². The number of nitrogens with one attached hydrogen (secondary N) is 3. The molecule has 9 nitrogen and oxygen atoms in total. The number of hydrogen-bond donors (Lipinski definition) is 3. The zero-order chi connectivity index (χ0) is 24.5. The first kappa shape index (κ1) is 24.2. The number of carbonyl (C=O) groups excluding carboxylic acids is 1. The van der Waals surface area contributed by atoms with Gasteiger partial charge < -0.3 is 10.1 Å². The normalized spacial score (nSPS) is 14.7. The fourth-order valence-electron chi connectivity index (χ4n) is 3.79. The lowest BCUT2D eigenvalue weighted by Crippen LogP contribution is -2.33. The molecule has 12 heteroatoms. The van der Waals surface area contributed by atoms with Crippen LogP contribution in [0.3, 0.4) is 0 Å². The molecule has 1 aliphatic carbocycles. The predicted molar refractivity (Wildman–Crippen MR) is 136 cm³/mol. The lowest BCUT2D eigenvalue weighted by Gasteiger charge is -2.17. The molecule has 0 unspecified atom stereocenters. The SMILES string of the molecule is COc1cc(-c2ccc3c(c2NC(=O)N[S@@](=N)(=O)c2ccc(N=S(C)(C)=O)s2)CCC3)ccn1. The summed E-state index contributed by atoms with van der Waals surface area (Å²) in [6.07, 6.45) is 7.31. The minimum Gasteiger partial charge on any atom is -0.481 e. The third-order valence-corrected chi connectivity index (χ3v) is 8.83. The Labute approximate surface area is 203 Å². The van der Waals surface area contributed by atoms with Crippen LogP contribution in [0.2, 0.25) is 0 Å². The highest BCUT2D eigenvalue weighted by Crippen LogP contribution is 2.38. The molecule has 4 rings (SSSR count). The largest absolute Gasteiger partial charge is 0.481 e. The number of fused-ring (bicyclic) bond motifs is 1. The van der Waals surface area contributed by atoms with Gasteiger partial charge in [0.25, 0.3) is 0 Å². The number of hydrogen-bond acceptors (Lipinski definition) is 8. The Morgan fingerprint density at radius 2 is 1.97 bits per heavy atom. The molecule has 1 aliphatic rings. The van der Waals surface area contributed by atoms with Crippen molar-refractivity contribution in [2.45, 2.75) is 23.5 Å². The Balaban J connectivity index is 1.63. The lowest BCUT2D eigenvalue weighted by atomic mass is 9.98. The molecule has 2 heterocycles. The van der Waals surface area contributed by atoms with E-state index in [4.69, 9.17) is 9.52 Å². The van der Waals surface area contributed by atoms with Gasteiger partial charge in [0.1, 0.15) is 9.21 Å². The van der Waals surface area contributed by atoms with Crippen LogP contribution in [-0.2, 0) is 32.5 Å². The molecule has 0 saturated carbocycles. The number of rotatable bonds is 6. The van der Waals surface area contributed by atoms with Gasteiger partial charge in [0.05, 0.1) is 12.8 Å². The molecule has 3 N–H and O–H groups in total. The zero-order valence-corrected chi connectivity index (χ0v) is 21.4. The summed E-state index contributed by atoms with van der Waals surface area (Å²) in [6.45, 7) is 0. The number of pyridine rings is 1. The number of aryl methyl sites for hydroxylation is 1. The zero-order valence-electron chi connectivity index (χ0n) is 18.9. The Morgan fingerprint density at radius 1 is 1.18 bits per heavy atom. The molecule has 3 aromatic rings. The van der Waals surface area contributed by atoms with E-state index in [1.165, 1.54) is 25.7 Å². The maximum absolute atomic E-state index is 13.0. The van der Waals surface area contributed by atoms with Crippen molar-refractivity contribution < 1.29 is 17.9 Å². The van der Waals surface area contributed by atoms with Gasteiger partial charge in [0.2, 0.25) is 5.88 Å². The van der Waals surface area contributed by atoms with E-state index in [1.54, 1.807) is 18.3 Å². The van der Waals surface area contributed by atoms with Gasteiger partial charge in [-0.3, -0.25) is 0 Å². The molecule has 0 saturated heterocycles. The molecule has 0 radical (unpaired) electrons. The van der Waals surface area contributed by atoms with Gasteiger partial charge in [-0.2, -0.15) is 4.36 Å². The number of ether oxygens (including phenoxy) is 1. The van der Waals surface area contributed by atoms with Crippen LogP contribution < -0.4 is 14.8 Å². The van der Waals surface area contributed by atoms with Crippen LogP contribution in [0.1, 0.15) is 17.5 Å². The van der Waals surface area contributed by atoms with Crippen LogP contribution in [0, 0.1) is 4.78 Å². The van der Waals surface area contributed by atoms with E-state index in [9.17, 15) is 13.2 Å². The lowest BCUT2D eigenvalue weighted by molar-refractivity contribution is 0.257. The van der Waals surface area contributed by atoms with Crippen molar-refractivity contribution in [1.82, 2.24) is 9.71 Å². The number of thiophene rings is 1. The summed E-state index contributed by atoms with van der Waals surface area (Å²) >= 11 is 0.967. The summed E-state index contributed by atoms with van der Waals surface area (Å²) in [7, 11) is -4.50. The third-order valence-electron chi connectivity index (χ3n) is 5.17. The first-order valence-electron chi connectivity index (χ1n) is 10.4. The number of nitrogens with zero attached hydrogens (tertiary/aromatic N) is 2. The van der Waals surface area contributed by atoms with E-state index in [-0.39, 0.29) is 4.21 Å². The van der Waals surface area contributed by atoms with Crippen molar-refractivity contribution >= 4 is 47.7 Å². The Morgan fingerprint density at radius 3 is 2.71 bits per heavy atom. The number of aromatic nitrogens is 1. The molecule has 1 atom stereocenters. The van der Waals surface area contributed by atoms with E-state index in [0.717, 1.165) is 52.9 Å². The first-order chi connectivity index (χ1) is 16.1. The Kier molecular flexibility index (Phi) is 6.65. The molecular weight excluding hydrogens is 494 g/mol. The van der Waals surface area contributed by atoms with E-state index >= 15 is 0 Å². The van der Waals surface area contributed by atoms with E-state index < -0.39 is 25.7 Å². The summed E-state index contributed by atoms with van der Waals surface area (Å²) in [5.74, 6) is 0.449. The van der Waals surface area contributed by atoms with Crippen molar-refractivity contribution in [3.05, 3.63) is 53.7 Å². The van der Waals surface area contributed by atoms with Crippen LogP contribution in [-0.4, -0.2) is 39.1 Å². The Hall–Kier alpha value is -2.96. The fourth-order valence-corrected chi connectivity index (χ4v) is 6.97. The molecule has 1 aromatic carbocycles. The summed E-state index contributed by atoms with van der Waals surface area (Å²) < 4.78 is 44.9. The molecule has 0 aliphatic heterocycles. The van der Waals surface area contributed by atoms with Gasteiger partial charge in [-0.05, 0) is 54.2 Å². The van der Waals surface area contributed by atoms with Gasteiger partial charge >= 0.3 is 6.03 Å². The fraction of sp³-hybridized carbons (Fsp3) is 0.273. The second-order valence-electron chi connectivity index (χ2n) is 8.04. The maximum atomic E-state index is 13.0. The van der Waals surface area contributed by atoms with Gasteiger partial charge in [-0.15, -0.1) is 11.3 Å². The second-order valence-corrected chi connectivity index (χ2v) is 13.7. The molecular formula is C22H25N5O4S3. The number of anilines is 1. The summed E-state index contributed by atoms with van der Waals surface area (Å²) in [6, 6.07) is 9.85. The molecule has 2 aromatic heterocycles. The quantitative estimate of drug-likeness (QED) is 0.430. The average molecular weight is 520 g/mol. The van der Waals surface area contributed by atoms with Crippen LogP contribution >= 0.6 is 11.3 Å². The number of methoxy groups -OCH3 is 1. The minimum absolute atomic E-state index is 0.127. The van der Waals surface area contributed by atoms with Crippen LogP contribution in [0.25, 0.3) is 11.1 Å². The second kappa shape index (κ2) is 9.35. The van der Waals surface area contributed by atoms with Crippen molar-refractivity contribution in [3.63, 3.8) is 0 Å². The highest BCUT2D eigenvalue weighted by molar-refractivity contribution is 7.93. The smallest absolute Gasteiger partial charge is 0.331 e. The van der Waals surface area contributed by atoms with Gasteiger partial charge in [-0.1, -0.05) is 12.1 Å². The monoisotopic (exact) mass is 519 g/mol. The molecule has 0 fully saturated rings.